The lowest BCUT2D eigenvalue weighted by molar-refractivity contribution is -0.307. The Morgan fingerprint density at radius 3 is 1.53 bits per heavy atom. The van der Waals surface area contributed by atoms with Gasteiger partial charge in [-0.25, -0.2) is 0 Å². The summed E-state index contributed by atoms with van der Waals surface area (Å²) >= 11 is 6.55. The maximum atomic E-state index is 6.57. The standard InChI is InChI=1S/C31H35ClO5Si/c1-33-31-30(36-23-26-17-11-6-12-18-26)29(35-22-25-15-9-5-10-16-25)28(27(37-31)19-20-38(2,3)32)34-21-24-13-7-4-8-14-24/h4-18,27-31H,21-23H2,1-3H3/t27-,28-,29+,30-,31+/m1/s1. The summed E-state index contributed by atoms with van der Waals surface area (Å²) in [6.07, 6.45) is -2.90. The van der Waals surface area contributed by atoms with Crippen molar-refractivity contribution in [1.29, 1.82) is 0 Å². The fraction of sp³-hybridized carbons (Fsp3) is 0.355. The van der Waals surface area contributed by atoms with E-state index < -0.39 is 38.1 Å². The summed E-state index contributed by atoms with van der Waals surface area (Å²) in [6, 6.07) is 30.1. The number of halogens is 1. The largest absolute Gasteiger partial charge is 0.368 e. The Hall–Kier alpha value is -2.47. The SMILES string of the molecule is CO[C@H]1O[C@H](C#C[Si](C)(C)Cl)[C@@H](OCc2ccccc2)[C@H](OCc2ccccc2)[C@H]1OCc1ccccc1. The van der Waals surface area contributed by atoms with Crippen molar-refractivity contribution in [3.8, 4) is 11.5 Å². The first-order valence-corrected chi connectivity index (χ1v) is 16.8. The van der Waals surface area contributed by atoms with Crippen molar-refractivity contribution in [3.05, 3.63) is 108 Å². The van der Waals surface area contributed by atoms with Gasteiger partial charge < -0.3 is 23.7 Å². The van der Waals surface area contributed by atoms with E-state index in [0.717, 1.165) is 16.7 Å². The predicted octanol–water partition coefficient (Wildman–Crippen LogP) is 6.10. The third-order valence-electron chi connectivity index (χ3n) is 6.09. The van der Waals surface area contributed by atoms with E-state index in [2.05, 4.69) is 11.5 Å². The summed E-state index contributed by atoms with van der Waals surface area (Å²) in [7, 11) is -0.592. The molecule has 0 saturated carbocycles. The molecule has 5 nitrogen and oxygen atoms in total. The smallest absolute Gasteiger partial charge is 0.228 e. The highest BCUT2D eigenvalue weighted by Crippen LogP contribution is 2.31. The van der Waals surface area contributed by atoms with Gasteiger partial charge in [-0.05, 0) is 29.8 Å². The van der Waals surface area contributed by atoms with Crippen LogP contribution in [0.1, 0.15) is 16.7 Å². The quantitative estimate of drug-likeness (QED) is 0.173. The molecule has 200 valence electrons. The Balaban J connectivity index is 1.64. The van der Waals surface area contributed by atoms with Crippen LogP contribution < -0.4 is 0 Å². The van der Waals surface area contributed by atoms with Gasteiger partial charge in [0.15, 0.2) is 6.29 Å². The summed E-state index contributed by atoms with van der Waals surface area (Å²) < 4.78 is 31.6. The van der Waals surface area contributed by atoms with Gasteiger partial charge in [0.2, 0.25) is 7.38 Å². The van der Waals surface area contributed by atoms with Crippen LogP contribution >= 0.6 is 11.1 Å². The molecule has 38 heavy (non-hydrogen) atoms. The Morgan fingerprint density at radius 2 is 1.11 bits per heavy atom. The normalized spacial score (nSPS) is 23.4. The highest BCUT2D eigenvalue weighted by Gasteiger charge is 2.48. The average molecular weight is 551 g/mol. The molecule has 1 saturated heterocycles. The highest BCUT2D eigenvalue weighted by molar-refractivity contribution is 7.23. The molecule has 7 heteroatoms. The molecule has 1 heterocycles. The van der Waals surface area contributed by atoms with Gasteiger partial charge in [0.05, 0.1) is 19.8 Å². The van der Waals surface area contributed by atoms with Gasteiger partial charge in [0, 0.05) is 7.11 Å². The minimum atomic E-state index is -2.20. The summed E-state index contributed by atoms with van der Waals surface area (Å²) in [5.74, 6) is 3.25. The molecule has 0 bridgehead atoms. The van der Waals surface area contributed by atoms with Gasteiger partial charge in [-0.15, -0.1) is 5.54 Å². The number of rotatable bonds is 10. The van der Waals surface area contributed by atoms with Crippen molar-refractivity contribution in [2.45, 2.75) is 63.6 Å². The van der Waals surface area contributed by atoms with Gasteiger partial charge in [-0.2, -0.15) is 11.1 Å². The molecule has 3 aromatic carbocycles. The molecule has 0 spiro atoms. The summed E-state index contributed by atoms with van der Waals surface area (Å²) in [4.78, 5) is 0. The third kappa shape index (κ3) is 8.52. The van der Waals surface area contributed by atoms with Crippen LogP contribution in [0.2, 0.25) is 13.1 Å². The van der Waals surface area contributed by atoms with Crippen LogP contribution in [0, 0.1) is 11.5 Å². The van der Waals surface area contributed by atoms with E-state index in [0.29, 0.717) is 19.8 Å². The van der Waals surface area contributed by atoms with Crippen molar-refractivity contribution < 1.29 is 23.7 Å². The number of methoxy groups -OCH3 is 1. The maximum absolute atomic E-state index is 6.57. The van der Waals surface area contributed by atoms with Crippen LogP contribution in [-0.4, -0.2) is 45.2 Å². The molecule has 0 amide bonds. The molecule has 4 rings (SSSR count). The number of hydrogen-bond acceptors (Lipinski definition) is 5. The second-order valence-corrected chi connectivity index (χ2v) is 15.7. The lowest BCUT2D eigenvalue weighted by atomic mass is 9.98. The van der Waals surface area contributed by atoms with Gasteiger partial charge in [0.25, 0.3) is 0 Å². The van der Waals surface area contributed by atoms with Crippen LogP contribution in [-0.2, 0) is 43.5 Å². The Morgan fingerprint density at radius 1 is 0.684 bits per heavy atom. The van der Waals surface area contributed by atoms with E-state index in [1.165, 1.54) is 0 Å². The molecule has 0 N–H and O–H groups in total. The van der Waals surface area contributed by atoms with Gasteiger partial charge >= 0.3 is 0 Å². The van der Waals surface area contributed by atoms with Crippen molar-refractivity contribution >= 4 is 18.5 Å². The molecule has 3 aromatic rings. The summed E-state index contributed by atoms with van der Waals surface area (Å²) in [5.41, 5.74) is 6.37. The molecule has 5 atom stereocenters. The minimum absolute atomic E-state index is 0.378. The number of ether oxygens (including phenoxy) is 5. The van der Waals surface area contributed by atoms with Crippen molar-refractivity contribution in [1.82, 2.24) is 0 Å². The molecule has 0 radical (unpaired) electrons. The lowest BCUT2D eigenvalue weighted by Gasteiger charge is -2.44. The Kier molecular flexibility index (Phi) is 10.6. The van der Waals surface area contributed by atoms with Gasteiger partial charge in [-0.3, -0.25) is 0 Å². The third-order valence-corrected chi connectivity index (χ3v) is 7.12. The zero-order valence-corrected chi connectivity index (χ0v) is 23.8. The van der Waals surface area contributed by atoms with Crippen LogP contribution in [0.15, 0.2) is 91.0 Å². The van der Waals surface area contributed by atoms with E-state index in [4.69, 9.17) is 34.8 Å². The molecule has 0 unspecified atom stereocenters. The van der Waals surface area contributed by atoms with E-state index in [9.17, 15) is 0 Å². The molecular weight excluding hydrogens is 516 g/mol. The summed E-state index contributed by atoms with van der Waals surface area (Å²) in [6.45, 7) is 5.10. The Bertz CT molecular complexity index is 1160. The predicted molar refractivity (Wildman–Crippen MR) is 152 cm³/mol. The van der Waals surface area contributed by atoms with Gasteiger partial charge in [0.1, 0.15) is 24.4 Å². The average Bonchev–Trinajstić information content (AvgIpc) is 2.94. The van der Waals surface area contributed by atoms with Crippen LogP contribution in [0.25, 0.3) is 0 Å². The van der Waals surface area contributed by atoms with E-state index in [1.807, 2.05) is 104 Å². The molecule has 0 aliphatic carbocycles. The van der Waals surface area contributed by atoms with Crippen molar-refractivity contribution in [2.75, 3.05) is 7.11 Å². The van der Waals surface area contributed by atoms with Crippen LogP contribution in [0.5, 0.6) is 0 Å². The lowest BCUT2D eigenvalue weighted by Crippen LogP contribution is -2.60. The van der Waals surface area contributed by atoms with E-state index in [1.54, 1.807) is 7.11 Å². The van der Waals surface area contributed by atoms with E-state index >= 15 is 0 Å². The topological polar surface area (TPSA) is 46.2 Å². The second kappa shape index (κ2) is 14.1. The minimum Gasteiger partial charge on any atom is -0.368 e. The van der Waals surface area contributed by atoms with Crippen LogP contribution in [0.3, 0.4) is 0 Å². The zero-order valence-electron chi connectivity index (χ0n) is 22.1. The first-order valence-electron chi connectivity index (χ1n) is 12.8. The number of hydrogen-bond donors (Lipinski definition) is 0. The molecule has 1 aliphatic heterocycles. The zero-order chi connectivity index (χ0) is 26.8. The van der Waals surface area contributed by atoms with Gasteiger partial charge in [-0.1, -0.05) is 96.9 Å². The van der Waals surface area contributed by atoms with Crippen molar-refractivity contribution in [3.63, 3.8) is 0 Å². The molecule has 1 aliphatic rings. The fourth-order valence-corrected chi connectivity index (χ4v) is 4.86. The fourth-order valence-electron chi connectivity index (χ4n) is 4.21. The van der Waals surface area contributed by atoms with Crippen molar-refractivity contribution in [2.24, 2.45) is 0 Å². The Labute approximate surface area is 231 Å². The summed E-state index contributed by atoms with van der Waals surface area (Å²) in [5, 5.41) is 0. The monoisotopic (exact) mass is 550 g/mol. The highest BCUT2D eigenvalue weighted by atomic mass is 35.6. The van der Waals surface area contributed by atoms with Crippen LogP contribution in [0.4, 0.5) is 0 Å². The molecule has 1 fully saturated rings. The molecule has 0 aromatic heterocycles. The van der Waals surface area contributed by atoms with E-state index in [-0.39, 0.29) is 0 Å². The number of benzene rings is 3. The first-order chi connectivity index (χ1) is 18.4. The first kappa shape index (κ1) is 28.5. The molecular formula is C31H35ClO5Si. The maximum Gasteiger partial charge on any atom is 0.228 e. The second-order valence-electron chi connectivity index (χ2n) is 9.69.